The number of carbonyl (C=O) groups is 2. The van der Waals surface area contributed by atoms with Crippen LogP contribution in [0.5, 0.6) is 0 Å². The van der Waals surface area contributed by atoms with E-state index in [4.69, 9.17) is 4.74 Å². The summed E-state index contributed by atoms with van der Waals surface area (Å²) in [5.41, 5.74) is 7.31. The van der Waals surface area contributed by atoms with Gasteiger partial charge in [0.05, 0.1) is 25.5 Å². The van der Waals surface area contributed by atoms with Gasteiger partial charge in [-0.2, -0.15) is 0 Å². The molecule has 198 valence electrons. The van der Waals surface area contributed by atoms with Gasteiger partial charge in [0.25, 0.3) is 11.8 Å². The summed E-state index contributed by atoms with van der Waals surface area (Å²) in [6, 6.07) is 14.6. The third-order valence-electron chi connectivity index (χ3n) is 8.14. The molecule has 0 unspecified atom stereocenters. The SMILES string of the molecule is CCSNC(=O)c1ccc2c(C3CCCCC3)c3n(c2c1)CC(C(=O)N1CCOCC1)=Cc1ccccc1-3. The second-order valence-corrected chi connectivity index (χ2v) is 11.5. The molecule has 3 heterocycles. The van der Waals surface area contributed by atoms with Gasteiger partial charge in [-0.3, -0.25) is 14.3 Å². The maximum Gasteiger partial charge on any atom is 0.261 e. The fourth-order valence-corrected chi connectivity index (χ4v) is 6.71. The lowest BCUT2D eigenvalue weighted by molar-refractivity contribution is -0.131. The maximum absolute atomic E-state index is 13.8. The zero-order valence-electron chi connectivity index (χ0n) is 22.0. The fourth-order valence-electron chi connectivity index (χ4n) is 6.31. The molecule has 3 aromatic rings. The molecule has 1 N–H and O–H groups in total. The molecule has 2 amide bonds. The van der Waals surface area contributed by atoms with Crippen LogP contribution in [0.4, 0.5) is 0 Å². The smallest absolute Gasteiger partial charge is 0.261 e. The van der Waals surface area contributed by atoms with Crippen molar-refractivity contribution < 1.29 is 14.3 Å². The zero-order valence-corrected chi connectivity index (χ0v) is 22.8. The Morgan fingerprint density at radius 2 is 1.84 bits per heavy atom. The molecule has 1 aromatic heterocycles. The lowest BCUT2D eigenvalue weighted by Crippen LogP contribution is -2.41. The van der Waals surface area contributed by atoms with E-state index >= 15 is 0 Å². The van der Waals surface area contributed by atoms with E-state index in [-0.39, 0.29) is 11.8 Å². The summed E-state index contributed by atoms with van der Waals surface area (Å²) in [6.07, 6.45) is 8.22. The van der Waals surface area contributed by atoms with Gasteiger partial charge in [0.15, 0.2) is 0 Å². The second kappa shape index (κ2) is 11.0. The monoisotopic (exact) mass is 529 g/mol. The molecular weight excluding hydrogens is 494 g/mol. The quantitative estimate of drug-likeness (QED) is 0.411. The van der Waals surface area contributed by atoms with Crippen molar-refractivity contribution in [2.45, 2.75) is 51.5 Å². The summed E-state index contributed by atoms with van der Waals surface area (Å²) in [4.78, 5) is 28.6. The molecule has 2 aromatic carbocycles. The number of hydrogen-bond acceptors (Lipinski definition) is 4. The molecule has 7 heteroatoms. The van der Waals surface area contributed by atoms with Crippen molar-refractivity contribution in [2.24, 2.45) is 0 Å². The Bertz CT molecular complexity index is 1400. The maximum atomic E-state index is 13.8. The molecule has 6 nitrogen and oxygen atoms in total. The number of fused-ring (bicyclic) bond motifs is 5. The van der Waals surface area contributed by atoms with E-state index in [1.165, 1.54) is 66.3 Å². The highest BCUT2D eigenvalue weighted by Crippen LogP contribution is 2.46. The van der Waals surface area contributed by atoms with E-state index in [0.29, 0.717) is 44.3 Å². The third-order valence-corrected chi connectivity index (χ3v) is 8.75. The number of amides is 2. The highest BCUT2D eigenvalue weighted by atomic mass is 32.2. The van der Waals surface area contributed by atoms with Gasteiger partial charge in [0.1, 0.15) is 0 Å². The number of morpholine rings is 1. The summed E-state index contributed by atoms with van der Waals surface area (Å²) in [5.74, 6) is 1.28. The minimum atomic E-state index is -0.0808. The van der Waals surface area contributed by atoms with Crippen molar-refractivity contribution in [3.63, 3.8) is 0 Å². The largest absolute Gasteiger partial charge is 0.378 e. The highest BCUT2D eigenvalue weighted by Gasteiger charge is 2.31. The van der Waals surface area contributed by atoms with Crippen LogP contribution in [0.1, 0.15) is 66.4 Å². The van der Waals surface area contributed by atoms with Gasteiger partial charge in [-0.1, -0.05) is 68.5 Å². The van der Waals surface area contributed by atoms with Gasteiger partial charge in [-0.15, -0.1) is 0 Å². The Morgan fingerprint density at radius 1 is 1.05 bits per heavy atom. The first-order chi connectivity index (χ1) is 18.7. The summed E-state index contributed by atoms with van der Waals surface area (Å²) < 4.78 is 10.8. The van der Waals surface area contributed by atoms with Crippen LogP contribution in [-0.2, 0) is 16.1 Å². The number of carbonyl (C=O) groups excluding carboxylic acids is 2. The van der Waals surface area contributed by atoms with Crippen molar-refractivity contribution in [3.05, 3.63) is 64.7 Å². The molecule has 1 aliphatic carbocycles. The van der Waals surface area contributed by atoms with Crippen LogP contribution in [0.15, 0.2) is 48.0 Å². The lowest BCUT2D eigenvalue weighted by atomic mass is 9.81. The van der Waals surface area contributed by atoms with Crippen LogP contribution in [0.2, 0.25) is 0 Å². The van der Waals surface area contributed by atoms with Crippen molar-refractivity contribution in [1.82, 2.24) is 14.2 Å². The Balaban J connectivity index is 1.54. The number of nitrogens with one attached hydrogen (secondary N) is 1. The molecule has 1 saturated carbocycles. The highest BCUT2D eigenvalue weighted by molar-refractivity contribution is 7.97. The fraction of sp³-hybridized carbons (Fsp3) is 0.419. The molecular formula is C31H35N3O3S. The molecule has 0 bridgehead atoms. The number of rotatable bonds is 5. The van der Waals surface area contributed by atoms with Crippen LogP contribution in [0.25, 0.3) is 28.2 Å². The number of hydrogen-bond donors (Lipinski definition) is 1. The molecule has 2 fully saturated rings. The van der Waals surface area contributed by atoms with Crippen LogP contribution in [0, 0.1) is 0 Å². The van der Waals surface area contributed by atoms with Crippen molar-refractivity contribution >= 4 is 40.7 Å². The van der Waals surface area contributed by atoms with E-state index in [0.717, 1.165) is 22.4 Å². The summed E-state index contributed by atoms with van der Waals surface area (Å²) in [6.45, 7) is 4.89. The second-order valence-electron chi connectivity index (χ2n) is 10.4. The van der Waals surface area contributed by atoms with Crippen molar-refractivity contribution in [3.8, 4) is 11.3 Å². The Morgan fingerprint density at radius 3 is 2.63 bits per heavy atom. The van der Waals surface area contributed by atoms with Crippen molar-refractivity contribution in [2.75, 3.05) is 32.1 Å². The Labute approximate surface area is 228 Å². The van der Waals surface area contributed by atoms with E-state index in [1.54, 1.807) is 0 Å². The third kappa shape index (κ3) is 4.67. The minimum absolute atomic E-state index is 0.0743. The molecule has 0 radical (unpaired) electrons. The van der Waals surface area contributed by atoms with Crippen LogP contribution >= 0.6 is 11.9 Å². The number of aromatic nitrogens is 1. The number of benzene rings is 2. The first kappa shape index (κ1) is 25.3. The van der Waals surface area contributed by atoms with Crippen LogP contribution in [-0.4, -0.2) is 53.3 Å². The predicted molar refractivity (Wildman–Crippen MR) is 154 cm³/mol. The first-order valence-corrected chi connectivity index (χ1v) is 14.9. The van der Waals surface area contributed by atoms with Gasteiger partial charge in [0.2, 0.25) is 0 Å². The van der Waals surface area contributed by atoms with Gasteiger partial charge >= 0.3 is 0 Å². The van der Waals surface area contributed by atoms with E-state index < -0.39 is 0 Å². The van der Waals surface area contributed by atoms with E-state index in [1.807, 2.05) is 24.0 Å². The Hall–Kier alpha value is -3.03. The minimum Gasteiger partial charge on any atom is -0.378 e. The summed E-state index contributed by atoms with van der Waals surface area (Å²) in [5, 5.41) is 1.21. The molecule has 3 aliphatic rings. The molecule has 2 aliphatic heterocycles. The van der Waals surface area contributed by atoms with Crippen LogP contribution in [0.3, 0.4) is 0 Å². The normalized spacial score (nSPS) is 17.9. The van der Waals surface area contributed by atoms with Gasteiger partial charge in [0, 0.05) is 46.4 Å². The van der Waals surface area contributed by atoms with E-state index in [9.17, 15) is 9.59 Å². The molecule has 6 rings (SSSR count). The van der Waals surface area contributed by atoms with Crippen LogP contribution < -0.4 is 4.72 Å². The van der Waals surface area contributed by atoms with Gasteiger partial charge in [-0.05, 0) is 48.1 Å². The average Bonchev–Trinajstić information content (AvgIpc) is 3.18. The number of ether oxygens (including phenoxy) is 1. The topological polar surface area (TPSA) is 63.6 Å². The lowest BCUT2D eigenvalue weighted by Gasteiger charge is -2.28. The average molecular weight is 530 g/mol. The van der Waals surface area contributed by atoms with E-state index in [2.05, 4.69) is 45.7 Å². The summed E-state index contributed by atoms with van der Waals surface area (Å²) in [7, 11) is 0. The van der Waals surface area contributed by atoms with Crippen molar-refractivity contribution in [1.29, 1.82) is 0 Å². The standard InChI is InChI=1S/C31H35N3O3S/c1-2-38-32-30(35)23-12-13-26-27(19-23)34-20-24(31(36)33-14-16-37-17-15-33)18-22-10-6-7-11-25(22)29(34)28(26)21-8-4-3-5-9-21/h6-7,10-13,18-19,21H,2-5,8-9,14-17,20H2,1H3,(H,32,35). The zero-order chi connectivity index (χ0) is 26.1. The molecule has 0 spiro atoms. The molecule has 0 atom stereocenters. The summed E-state index contributed by atoms with van der Waals surface area (Å²) >= 11 is 1.41. The predicted octanol–water partition coefficient (Wildman–Crippen LogP) is 6.01. The molecule has 38 heavy (non-hydrogen) atoms. The van der Waals surface area contributed by atoms with Gasteiger partial charge < -0.3 is 14.2 Å². The number of nitrogens with zero attached hydrogens (tertiary/aromatic N) is 2. The van der Waals surface area contributed by atoms with Gasteiger partial charge in [-0.25, -0.2) is 0 Å². The Kier molecular flexibility index (Phi) is 7.30. The first-order valence-electron chi connectivity index (χ1n) is 13.9. The molecule has 1 saturated heterocycles.